The second kappa shape index (κ2) is 7.89. The molecular weight excluding hydrogens is 194 g/mol. The Morgan fingerprint density at radius 1 is 1.31 bits per heavy atom. The lowest BCUT2D eigenvalue weighted by atomic mass is 10.1. The van der Waals surface area contributed by atoms with Crippen LogP contribution in [0.25, 0.3) is 0 Å². The van der Waals surface area contributed by atoms with Gasteiger partial charge in [0.05, 0.1) is 0 Å². The molecule has 0 radical (unpaired) electrons. The average molecular weight is 215 g/mol. The Morgan fingerprint density at radius 3 is 2.69 bits per heavy atom. The van der Waals surface area contributed by atoms with Crippen molar-refractivity contribution in [2.45, 2.75) is 26.3 Å². The highest BCUT2D eigenvalue weighted by molar-refractivity contribution is 5.15. The zero-order valence-corrected chi connectivity index (χ0v) is 10.1. The van der Waals surface area contributed by atoms with Crippen LogP contribution in [0.5, 0.6) is 0 Å². The fourth-order valence-corrected chi connectivity index (χ4v) is 1.68. The highest BCUT2D eigenvalue weighted by atomic mass is 14.8. The third kappa shape index (κ3) is 4.94. The average Bonchev–Trinajstić information content (AvgIpc) is 2.31. The quantitative estimate of drug-likeness (QED) is 0.684. The van der Waals surface area contributed by atoms with Crippen LogP contribution in [0.2, 0.25) is 0 Å². The van der Waals surface area contributed by atoms with Crippen LogP contribution < -0.4 is 5.32 Å². The van der Waals surface area contributed by atoms with Crippen molar-refractivity contribution in [3.63, 3.8) is 0 Å². The second-order valence-electron chi connectivity index (χ2n) is 3.90. The number of benzene rings is 1. The largest absolute Gasteiger partial charge is 0.309 e. The normalized spacial score (nSPS) is 11.4. The Morgan fingerprint density at radius 2 is 2.06 bits per heavy atom. The highest BCUT2D eigenvalue weighted by Crippen LogP contribution is 2.04. The lowest BCUT2D eigenvalue weighted by Crippen LogP contribution is -2.16. The van der Waals surface area contributed by atoms with E-state index in [4.69, 9.17) is 0 Å². The molecule has 0 atom stereocenters. The molecule has 16 heavy (non-hydrogen) atoms. The summed E-state index contributed by atoms with van der Waals surface area (Å²) in [5, 5.41) is 3.46. The number of hydrogen-bond donors (Lipinski definition) is 1. The molecular formula is C15H21N. The first-order valence-electron chi connectivity index (χ1n) is 5.92. The van der Waals surface area contributed by atoms with Gasteiger partial charge in [0.15, 0.2) is 0 Å². The molecule has 1 N–H and O–H groups in total. The first-order chi connectivity index (χ1) is 7.86. The molecule has 0 aliphatic carbocycles. The van der Waals surface area contributed by atoms with Crippen molar-refractivity contribution in [2.75, 3.05) is 6.54 Å². The van der Waals surface area contributed by atoms with E-state index in [-0.39, 0.29) is 0 Å². The van der Waals surface area contributed by atoms with Crippen molar-refractivity contribution < 1.29 is 0 Å². The Hall–Kier alpha value is -1.34. The van der Waals surface area contributed by atoms with Crippen LogP contribution in [-0.2, 0) is 6.54 Å². The maximum Gasteiger partial charge on any atom is 0.0208 e. The van der Waals surface area contributed by atoms with Gasteiger partial charge in [-0.1, -0.05) is 68.0 Å². The van der Waals surface area contributed by atoms with Gasteiger partial charge < -0.3 is 5.32 Å². The molecule has 0 aromatic heterocycles. The van der Waals surface area contributed by atoms with Crippen LogP contribution in [0.1, 0.15) is 25.3 Å². The van der Waals surface area contributed by atoms with Gasteiger partial charge in [0.1, 0.15) is 0 Å². The third-order valence-electron chi connectivity index (χ3n) is 2.45. The molecule has 0 unspecified atom stereocenters. The summed E-state index contributed by atoms with van der Waals surface area (Å²) in [4.78, 5) is 0. The standard InChI is InChI=1S/C15H21N/c1-3-8-14(9-4-2)12-16-13-15-10-6-5-7-11-15/h3,5-8,10-11,16H,1,4,9,12-13H2,2H3/b14-8+. The Kier molecular flexibility index (Phi) is 6.28. The van der Waals surface area contributed by atoms with Gasteiger partial charge in [0, 0.05) is 13.1 Å². The third-order valence-corrected chi connectivity index (χ3v) is 2.45. The molecule has 0 saturated heterocycles. The summed E-state index contributed by atoms with van der Waals surface area (Å²) in [6.45, 7) is 7.83. The van der Waals surface area contributed by atoms with Gasteiger partial charge in [-0.05, 0) is 12.0 Å². The predicted molar refractivity (Wildman–Crippen MR) is 71.3 cm³/mol. The summed E-state index contributed by atoms with van der Waals surface area (Å²) < 4.78 is 0. The van der Waals surface area contributed by atoms with Crippen LogP contribution in [0, 0.1) is 0 Å². The van der Waals surface area contributed by atoms with E-state index < -0.39 is 0 Å². The Bertz CT molecular complexity index is 325. The predicted octanol–water partition coefficient (Wildman–Crippen LogP) is 3.69. The number of allylic oxidation sites excluding steroid dienone is 2. The van der Waals surface area contributed by atoms with E-state index in [9.17, 15) is 0 Å². The van der Waals surface area contributed by atoms with E-state index >= 15 is 0 Å². The highest BCUT2D eigenvalue weighted by Gasteiger charge is 1.95. The maximum atomic E-state index is 3.74. The maximum absolute atomic E-state index is 3.74. The number of rotatable bonds is 7. The van der Waals surface area contributed by atoms with Crippen LogP contribution >= 0.6 is 0 Å². The van der Waals surface area contributed by atoms with Crippen molar-refractivity contribution in [1.82, 2.24) is 5.32 Å². The zero-order valence-electron chi connectivity index (χ0n) is 10.1. The van der Waals surface area contributed by atoms with Crippen LogP contribution in [0.4, 0.5) is 0 Å². The molecule has 1 aromatic carbocycles. The van der Waals surface area contributed by atoms with Crippen molar-refractivity contribution in [2.24, 2.45) is 0 Å². The topological polar surface area (TPSA) is 12.0 Å². The first-order valence-corrected chi connectivity index (χ1v) is 5.92. The van der Waals surface area contributed by atoms with Crippen LogP contribution in [0.15, 0.2) is 54.6 Å². The van der Waals surface area contributed by atoms with E-state index in [1.165, 1.54) is 17.6 Å². The van der Waals surface area contributed by atoms with E-state index in [1.807, 2.05) is 12.1 Å². The summed E-state index contributed by atoms with van der Waals surface area (Å²) in [6.07, 6.45) is 6.32. The van der Waals surface area contributed by atoms with Crippen LogP contribution in [0.3, 0.4) is 0 Å². The molecule has 1 aromatic rings. The van der Waals surface area contributed by atoms with Gasteiger partial charge >= 0.3 is 0 Å². The molecule has 0 heterocycles. The van der Waals surface area contributed by atoms with Gasteiger partial charge in [-0.25, -0.2) is 0 Å². The van der Waals surface area contributed by atoms with Gasteiger partial charge in [-0.15, -0.1) is 0 Å². The minimum Gasteiger partial charge on any atom is -0.309 e. The molecule has 0 bridgehead atoms. The molecule has 86 valence electrons. The van der Waals surface area contributed by atoms with Crippen molar-refractivity contribution in [1.29, 1.82) is 0 Å². The summed E-state index contributed by atoms with van der Waals surface area (Å²) in [6, 6.07) is 10.5. The van der Waals surface area contributed by atoms with Crippen molar-refractivity contribution >= 4 is 0 Å². The monoisotopic (exact) mass is 215 g/mol. The van der Waals surface area contributed by atoms with Crippen molar-refractivity contribution in [3.8, 4) is 0 Å². The zero-order chi connectivity index (χ0) is 11.6. The molecule has 0 aliphatic heterocycles. The van der Waals surface area contributed by atoms with Crippen molar-refractivity contribution in [3.05, 3.63) is 60.2 Å². The molecule has 1 heteroatoms. The molecule has 0 fully saturated rings. The molecule has 0 spiro atoms. The van der Waals surface area contributed by atoms with Gasteiger partial charge in [0.25, 0.3) is 0 Å². The first kappa shape index (κ1) is 12.7. The lowest BCUT2D eigenvalue weighted by Gasteiger charge is -2.07. The molecule has 1 rings (SSSR count). The SMILES string of the molecule is C=C/C=C(\CCC)CNCc1ccccc1. The second-order valence-corrected chi connectivity index (χ2v) is 3.90. The lowest BCUT2D eigenvalue weighted by molar-refractivity contribution is 0.711. The van der Waals surface area contributed by atoms with E-state index in [1.54, 1.807) is 0 Å². The Balaban J connectivity index is 2.33. The van der Waals surface area contributed by atoms with E-state index in [2.05, 4.69) is 49.2 Å². The minimum absolute atomic E-state index is 0.930. The summed E-state index contributed by atoms with van der Waals surface area (Å²) in [5.74, 6) is 0. The molecule has 0 aliphatic rings. The van der Waals surface area contributed by atoms with Gasteiger partial charge in [0.2, 0.25) is 0 Å². The van der Waals surface area contributed by atoms with Gasteiger partial charge in [-0.2, -0.15) is 0 Å². The number of nitrogens with one attached hydrogen (secondary N) is 1. The number of hydrogen-bond acceptors (Lipinski definition) is 1. The molecule has 0 saturated carbocycles. The van der Waals surface area contributed by atoms with E-state index in [0.717, 1.165) is 19.5 Å². The van der Waals surface area contributed by atoms with Crippen LogP contribution in [-0.4, -0.2) is 6.54 Å². The van der Waals surface area contributed by atoms with Gasteiger partial charge in [-0.3, -0.25) is 0 Å². The smallest absolute Gasteiger partial charge is 0.0208 e. The minimum atomic E-state index is 0.930. The summed E-state index contributed by atoms with van der Waals surface area (Å²) in [5.41, 5.74) is 2.75. The fraction of sp³-hybridized carbons (Fsp3) is 0.333. The van der Waals surface area contributed by atoms with E-state index in [0.29, 0.717) is 0 Å². The summed E-state index contributed by atoms with van der Waals surface area (Å²) >= 11 is 0. The molecule has 1 nitrogen and oxygen atoms in total. The fourth-order valence-electron chi connectivity index (χ4n) is 1.68. The Labute approximate surface area is 98.9 Å². The molecule has 0 amide bonds. The summed E-state index contributed by atoms with van der Waals surface area (Å²) in [7, 11) is 0.